The molecule has 18 heavy (non-hydrogen) atoms. The van der Waals surface area contributed by atoms with Gasteiger partial charge in [-0.25, -0.2) is 0 Å². The fourth-order valence-electron chi connectivity index (χ4n) is 3.38. The minimum Gasteiger partial charge on any atom is -0.385 e. The minimum absolute atomic E-state index is 0.691. The Balaban J connectivity index is 1.95. The van der Waals surface area contributed by atoms with Crippen molar-refractivity contribution in [3.05, 3.63) is 36.0 Å². The number of piperidine rings is 1. The third-order valence-electron chi connectivity index (χ3n) is 4.31. The number of benzene rings is 1. The zero-order valence-corrected chi connectivity index (χ0v) is 10.3. The molecule has 3 nitrogen and oxygen atoms in total. The second kappa shape index (κ2) is 3.55. The van der Waals surface area contributed by atoms with Crippen LogP contribution in [0.1, 0.15) is 18.4 Å². The van der Waals surface area contributed by atoms with Gasteiger partial charge in [0.2, 0.25) is 0 Å². The topological polar surface area (TPSA) is 45.1 Å². The van der Waals surface area contributed by atoms with Crippen LogP contribution in [0.25, 0.3) is 16.5 Å². The van der Waals surface area contributed by atoms with Crippen molar-refractivity contribution in [3.63, 3.8) is 0 Å². The van der Waals surface area contributed by atoms with E-state index in [0.29, 0.717) is 5.92 Å². The van der Waals surface area contributed by atoms with Gasteiger partial charge in [0.15, 0.2) is 0 Å². The summed E-state index contributed by atoms with van der Waals surface area (Å²) in [6.45, 7) is 2.41. The van der Waals surface area contributed by atoms with E-state index in [0.717, 1.165) is 11.3 Å². The van der Waals surface area contributed by atoms with Gasteiger partial charge in [-0.15, -0.1) is 0 Å². The maximum Gasteiger partial charge on any atom is 0.109 e. The van der Waals surface area contributed by atoms with Crippen LogP contribution in [0, 0.1) is 5.92 Å². The number of para-hydroxylation sites is 1. The molecular formula is C15H17N3. The quantitative estimate of drug-likeness (QED) is 0.803. The third-order valence-corrected chi connectivity index (χ3v) is 4.31. The molecule has 1 aromatic carbocycles. The molecule has 2 aromatic rings. The number of nitrogens with two attached hydrogens (primary N) is 1. The number of H-pyrrole nitrogens is 1. The molecule has 0 unspecified atom stereocenters. The molecule has 0 atom stereocenters. The molecule has 1 aromatic heterocycles. The van der Waals surface area contributed by atoms with Crippen molar-refractivity contribution in [2.45, 2.75) is 12.8 Å². The molecule has 3 N–H and O–H groups in total. The Kier molecular flexibility index (Phi) is 1.98. The molecule has 2 bridgehead atoms. The number of nitrogens with one attached hydrogen (secondary N) is 1. The van der Waals surface area contributed by atoms with Crippen LogP contribution in [0.2, 0.25) is 0 Å². The van der Waals surface area contributed by atoms with Gasteiger partial charge in [-0.2, -0.15) is 0 Å². The average Bonchev–Trinajstić information content (AvgIpc) is 2.75. The highest BCUT2D eigenvalue weighted by atomic mass is 15.1. The van der Waals surface area contributed by atoms with E-state index in [4.69, 9.17) is 5.73 Å². The predicted molar refractivity (Wildman–Crippen MR) is 75.0 cm³/mol. The summed E-state index contributed by atoms with van der Waals surface area (Å²) in [5, 5.41) is 1.26. The highest BCUT2D eigenvalue weighted by Crippen LogP contribution is 2.42. The van der Waals surface area contributed by atoms with Gasteiger partial charge >= 0.3 is 0 Å². The number of hydrogen-bond donors (Lipinski definition) is 2. The van der Waals surface area contributed by atoms with Gasteiger partial charge in [-0.3, -0.25) is 0 Å². The van der Waals surface area contributed by atoms with E-state index in [2.05, 4.69) is 34.3 Å². The van der Waals surface area contributed by atoms with Gasteiger partial charge in [-0.1, -0.05) is 18.2 Å². The standard InChI is InChI=1S/C15H17N3/c16-15-14(11-3-1-2-4-13(11)17-15)12-9-18-7-5-10(12)6-8-18/h1-4,9-10,17H,5-8,16H2. The zero-order valence-electron chi connectivity index (χ0n) is 10.3. The number of rotatable bonds is 1. The Hall–Kier alpha value is -1.90. The van der Waals surface area contributed by atoms with E-state index < -0.39 is 0 Å². The van der Waals surface area contributed by atoms with Crippen LogP contribution in [0.4, 0.5) is 5.82 Å². The minimum atomic E-state index is 0.691. The average molecular weight is 239 g/mol. The summed E-state index contributed by atoms with van der Waals surface area (Å²) in [6.07, 6.45) is 4.86. The van der Waals surface area contributed by atoms with Crippen LogP contribution in [0.5, 0.6) is 0 Å². The lowest BCUT2D eigenvalue weighted by Crippen LogP contribution is -2.35. The van der Waals surface area contributed by atoms with Crippen molar-refractivity contribution in [3.8, 4) is 0 Å². The number of nitrogens with zero attached hydrogens (tertiary/aromatic N) is 1. The van der Waals surface area contributed by atoms with Crippen LogP contribution in [0.3, 0.4) is 0 Å². The number of nitrogen functional groups attached to an aromatic ring is 1. The molecular weight excluding hydrogens is 222 g/mol. The second-order valence-corrected chi connectivity index (χ2v) is 5.35. The molecule has 1 saturated heterocycles. The van der Waals surface area contributed by atoms with Gasteiger partial charge < -0.3 is 15.6 Å². The summed E-state index contributed by atoms with van der Waals surface area (Å²) in [6, 6.07) is 8.39. The Morgan fingerprint density at radius 3 is 2.67 bits per heavy atom. The number of aromatic amines is 1. The molecule has 0 aliphatic carbocycles. The number of aromatic nitrogens is 1. The lowest BCUT2D eigenvalue weighted by atomic mass is 9.82. The number of anilines is 1. The molecule has 0 radical (unpaired) electrons. The predicted octanol–water partition coefficient (Wildman–Crippen LogP) is 2.82. The van der Waals surface area contributed by atoms with Gasteiger partial charge in [0.1, 0.15) is 5.82 Å². The van der Waals surface area contributed by atoms with Crippen LogP contribution >= 0.6 is 0 Å². The second-order valence-electron chi connectivity index (χ2n) is 5.35. The summed E-state index contributed by atoms with van der Waals surface area (Å²) in [5.41, 5.74) is 10.0. The smallest absolute Gasteiger partial charge is 0.109 e. The van der Waals surface area contributed by atoms with Gasteiger partial charge in [0, 0.05) is 35.8 Å². The summed E-state index contributed by atoms with van der Waals surface area (Å²) >= 11 is 0. The van der Waals surface area contributed by atoms with Crippen molar-refractivity contribution >= 4 is 22.3 Å². The SMILES string of the molecule is Nc1[nH]c2ccccc2c1C1=CN2CCC1CC2. The van der Waals surface area contributed by atoms with Crippen molar-refractivity contribution < 1.29 is 0 Å². The first-order valence-electron chi connectivity index (χ1n) is 6.65. The van der Waals surface area contributed by atoms with Gasteiger partial charge in [0.25, 0.3) is 0 Å². The van der Waals surface area contributed by atoms with Crippen LogP contribution in [-0.2, 0) is 0 Å². The first-order valence-corrected chi connectivity index (χ1v) is 6.65. The Bertz CT molecular complexity index is 630. The molecule has 1 fully saturated rings. The highest BCUT2D eigenvalue weighted by molar-refractivity contribution is 5.98. The van der Waals surface area contributed by atoms with Crippen molar-refractivity contribution in [2.24, 2.45) is 5.92 Å². The molecule has 3 aliphatic heterocycles. The summed E-state index contributed by atoms with van der Waals surface area (Å²) in [7, 11) is 0. The van der Waals surface area contributed by atoms with E-state index in [1.54, 1.807) is 0 Å². The van der Waals surface area contributed by atoms with Gasteiger partial charge in [-0.05, 0) is 30.4 Å². The molecule has 3 aliphatic rings. The monoisotopic (exact) mass is 239 g/mol. The van der Waals surface area contributed by atoms with Gasteiger partial charge in [0.05, 0.1) is 0 Å². The molecule has 92 valence electrons. The summed E-state index contributed by atoms with van der Waals surface area (Å²) in [4.78, 5) is 5.73. The van der Waals surface area contributed by atoms with E-state index in [1.807, 2.05) is 6.07 Å². The lowest BCUT2D eigenvalue weighted by molar-refractivity contribution is 0.252. The van der Waals surface area contributed by atoms with Crippen molar-refractivity contribution in [1.29, 1.82) is 0 Å². The Morgan fingerprint density at radius 1 is 1.17 bits per heavy atom. The third kappa shape index (κ3) is 1.30. The van der Waals surface area contributed by atoms with Crippen LogP contribution < -0.4 is 5.73 Å². The Morgan fingerprint density at radius 2 is 1.94 bits per heavy atom. The Labute approximate surface area is 106 Å². The van der Waals surface area contributed by atoms with E-state index in [-0.39, 0.29) is 0 Å². The molecule has 5 rings (SSSR count). The highest BCUT2D eigenvalue weighted by Gasteiger charge is 2.30. The summed E-state index contributed by atoms with van der Waals surface area (Å²) in [5.74, 6) is 1.51. The number of hydrogen-bond acceptors (Lipinski definition) is 2. The van der Waals surface area contributed by atoms with E-state index in [1.165, 1.54) is 42.5 Å². The van der Waals surface area contributed by atoms with E-state index in [9.17, 15) is 0 Å². The normalized spacial score (nSPS) is 19.6. The fraction of sp³-hybridized carbons (Fsp3) is 0.333. The first-order chi connectivity index (χ1) is 8.83. The van der Waals surface area contributed by atoms with Crippen LogP contribution in [-0.4, -0.2) is 23.0 Å². The fourth-order valence-corrected chi connectivity index (χ4v) is 3.38. The molecule has 3 heteroatoms. The largest absolute Gasteiger partial charge is 0.385 e. The maximum atomic E-state index is 6.20. The molecule has 0 amide bonds. The molecule has 0 saturated carbocycles. The summed E-state index contributed by atoms with van der Waals surface area (Å²) < 4.78 is 0. The lowest BCUT2D eigenvalue weighted by Gasteiger charge is -2.39. The van der Waals surface area contributed by atoms with E-state index >= 15 is 0 Å². The number of fused-ring (bicyclic) bond motifs is 3. The molecule has 0 spiro atoms. The number of allylic oxidation sites excluding steroid dienone is 1. The zero-order chi connectivity index (χ0) is 12.1. The maximum absolute atomic E-state index is 6.20. The van der Waals surface area contributed by atoms with Crippen molar-refractivity contribution in [2.75, 3.05) is 18.8 Å². The van der Waals surface area contributed by atoms with Crippen molar-refractivity contribution in [1.82, 2.24) is 9.88 Å². The van der Waals surface area contributed by atoms with Crippen LogP contribution in [0.15, 0.2) is 30.5 Å². The first kappa shape index (κ1) is 10.1. The molecule has 4 heterocycles.